The number of carbonyl (C=O) groups is 2. The molecule has 7 heteroatoms. The standard InChI is InChI=1S/C14H20N4O2S/c19-12-3-1-7-18(12)8-2-6-15-14-16-9-11(21-14)13(20)17-10-4-5-10/h9-10H,1-8H2,(H,15,16)(H,17,20). The Hall–Kier alpha value is -1.63. The number of nitrogens with one attached hydrogen (secondary N) is 2. The number of thiazole rings is 1. The molecule has 1 aliphatic heterocycles. The zero-order chi connectivity index (χ0) is 14.7. The Morgan fingerprint density at radius 2 is 2.33 bits per heavy atom. The van der Waals surface area contributed by atoms with Crippen LogP contribution in [0.4, 0.5) is 5.13 Å². The Morgan fingerprint density at radius 3 is 3.05 bits per heavy atom. The molecule has 1 aromatic heterocycles. The lowest BCUT2D eigenvalue weighted by molar-refractivity contribution is -0.127. The molecule has 0 atom stereocenters. The van der Waals surface area contributed by atoms with Gasteiger partial charge in [0.1, 0.15) is 4.88 Å². The van der Waals surface area contributed by atoms with Crippen molar-refractivity contribution in [2.24, 2.45) is 0 Å². The van der Waals surface area contributed by atoms with Gasteiger partial charge in [-0.1, -0.05) is 11.3 Å². The van der Waals surface area contributed by atoms with Gasteiger partial charge >= 0.3 is 0 Å². The van der Waals surface area contributed by atoms with Gasteiger partial charge in [-0.25, -0.2) is 4.98 Å². The molecular weight excluding hydrogens is 288 g/mol. The van der Waals surface area contributed by atoms with Gasteiger partial charge < -0.3 is 15.5 Å². The Balaban J connectivity index is 1.38. The summed E-state index contributed by atoms with van der Waals surface area (Å²) in [5.41, 5.74) is 0. The van der Waals surface area contributed by atoms with Crippen molar-refractivity contribution in [3.8, 4) is 0 Å². The first-order chi connectivity index (χ1) is 10.2. The fraction of sp³-hybridized carbons (Fsp3) is 0.643. The third-order valence-electron chi connectivity index (χ3n) is 3.69. The minimum atomic E-state index is -0.0225. The largest absolute Gasteiger partial charge is 0.361 e. The van der Waals surface area contributed by atoms with Crippen molar-refractivity contribution in [3.05, 3.63) is 11.1 Å². The molecule has 2 amide bonds. The molecule has 2 aliphatic rings. The number of amides is 2. The molecule has 3 rings (SSSR count). The van der Waals surface area contributed by atoms with E-state index in [2.05, 4.69) is 15.6 Å². The molecule has 21 heavy (non-hydrogen) atoms. The lowest BCUT2D eigenvalue weighted by Gasteiger charge is -2.14. The Bertz CT molecular complexity index is 527. The molecule has 2 heterocycles. The number of rotatable bonds is 7. The lowest BCUT2D eigenvalue weighted by atomic mass is 10.4. The van der Waals surface area contributed by atoms with Crippen LogP contribution >= 0.6 is 11.3 Å². The number of anilines is 1. The summed E-state index contributed by atoms with van der Waals surface area (Å²) >= 11 is 1.38. The normalized spacial score (nSPS) is 18.1. The van der Waals surface area contributed by atoms with Gasteiger partial charge in [0.05, 0.1) is 6.20 Å². The van der Waals surface area contributed by atoms with Crippen molar-refractivity contribution >= 4 is 28.3 Å². The molecule has 1 aromatic rings. The van der Waals surface area contributed by atoms with Gasteiger partial charge in [-0.2, -0.15) is 0 Å². The topological polar surface area (TPSA) is 74.3 Å². The minimum Gasteiger partial charge on any atom is -0.361 e. The molecule has 1 saturated carbocycles. The minimum absolute atomic E-state index is 0.0225. The zero-order valence-electron chi connectivity index (χ0n) is 11.9. The number of likely N-dealkylation sites (tertiary alicyclic amines) is 1. The highest BCUT2D eigenvalue weighted by Gasteiger charge is 2.24. The highest BCUT2D eigenvalue weighted by Crippen LogP contribution is 2.22. The first kappa shape index (κ1) is 14.3. The number of nitrogens with zero attached hydrogens (tertiary/aromatic N) is 2. The average Bonchev–Trinajstić information content (AvgIpc) is 2.99. The van der Waals surface area contributed by atoms with Gasteiger partial charge in [0.2, 0.25) is 5.91 Å². The van der Waals surface area contributed by atoms with Gasteiger partial charge in [0, 0.05) is 32.1 Å². The third-order valence-corrected chi connectivity index (χ3v) is 4.65. The van der Waals surface area contributed by atoms with Crippen LogP contribution in [0.25, 0.3) is 0 Å². The molecule has 0 unspecified atom stereocenters. The highest BCUT2D eigenvalue weighted by molar-refractivity contribution is 7.17. The van der Waals surface area contributed by atoms with Crippen LogP contribution in [-0.2, 0) is 4.79 Å². The van der Waals surface area contributed by atoms with E-state index in [1.165, 1.54) is 11.3 Å². The Labute approximate surface area is 127 Å². The maximum Gasteiger partial charge on any atom is 0.263 e. The predicted octanol–water partition coefficient (Wildman–Crippen LogP) is 1.46. The van der Waals surface area contributed by atoms with E-state index >= 15 is 0 Å². The molecule has 0 spiro atoms. The second-order valence-corrected chi connectivity index (χ2v) is 6.57. The number of hydrogen-bond donors (Lipinski definition) is 2. The Kier molecular flexibility index (Phi) is 4.38. The second-order valence-electron chi connectivity index (χ2n) is 5.54. The van der Waals surface area contributed by atoms with Crippen LogP contribution in [0.15, 0.2) is 6.20 Å². The van der Waals surface area contributed by atoms with Crippen LogP contribution in [0.1, 0.15) is 41.8 Å². The summed E-state index contributed by atoms with van der Waals surface area (Å²) in [7, 11) is 0. The van der Waals surface area contributed by atoms with Gasteiger partial charge in [-0.3, -0.25) is 9.59 Å². The average molecular weight is 308 g/mol. The van der Waals surface area contributed by atoms with Crippen molar-refractivity contribution in [1.29, 1.82) is 0 Å². The van der Waals surface area contributed by atoms with E-state index < -0.39 is 0 Å². The smallest absolute Gasteiger partial charge is 0.263 e. The molecule has 1 saturated heterocycles. The van der Waals surface area contributed by atoms with Gasteiger partial charge in [-0.05, 0) is 25.7 Å². The van der Waals surface area contributed by atoms with E-state index in [1.807, 2.05) is 4.90 Å². The molecule has 6 nitrogen and oxygen atoms in total. The second kappa shape index (κ2) is 6.43. The van der Waals surface area contributed by atoms with Crippen molar-refractivity contribution in [2.45, 2.75) is 38.1 Å². The summed E-state index contributed by atoms with van der Waals surface area (Å²) < 4.78 is 0. The predicted molar refractivity (Wildman–Crippen MR) is 81.5 cm³/mol. The summed E-state index contributed by atoms with van der Waals surface area (Å²) in [6.45, 7) is 2.45. The maximum atomic E-state index is 11.8. The fourth-order valence-electron chi connectivity index (χ4n) is 2.35. The van der Waals surface area contributed by atoms with Crippen molar-refractivity contribution in [1.82, 2.24) is 15.2 Å². The van der Waals surface area contributed by atoms with Crippen molar-refractivity contribution in [2.75, 3.05) is 25.0 Å². The van der Waals surface area contributed by atoms with Gasteiger partial charge in [0.25, 0.3) is 5.91 Å². The van der Waals surface area contributed by atoms with E-state index in [0.29, 0.717) is 17.3 Å². The van der Waals surface area contributed by atoms with Crippen LogP contribution in [-0.4, -0.2) is 47.4 Å². The maximum absolute atomic E-state index is 11.8. The van der Waals surface area contributed by atoms with E-state index in [4.69, 9.17) is 0 Å². The van der Waals surface area contributed by atoms with Crippen LogP contribution in [0.3, 0.4) is 0 Å². The zero-order valence-corrected chi connectivity index (χ0v) is 12.7. The van der Waals surface area contributed by atoms with Crippen LogP contribution in [0.5, 0.6) is 0 Å². The van der Waals surface area contributed by atoms with Gasteiger partial charge in [-0.15, -0.1) is 0 Å². The SMILES string of the molecule is O=C(NC1CC1)c1cnc(NCCCN2CCCC2=O)s1. The van der Waals surface area contributed by atoms with E-state index in [0.717, 1.165) is 50.4 Å². The monoisotopic (exact) mass is 308 g/mol. The van der Waals surface area contributed by atoms with Crippen LogP contribution < -0.4 is 10.6 Å². The van der Waals surface area contributed by atoms with E-state index in [-0.39, 0.29) is 11.8 Å². The first-order valence-electron chi connectivity index (χ1n) is 7.51. The molecule has 2 N–H and O–H groups in total. The fourth-order valence-corrected chi connectivity index (χ4v) is 3.10. The molecule has 0 radical (unpaired) electrons. The van der Waals surface area contributed by atoms with E-state index in [1.54, 1.807) is 6.20 Å². The third kappa shape index (κ3) is 3.93. The Morgan fingerprint density at radius 1 is 1.48 bits per heavy atom. The van der Waals surface area contributed by atoms with Gasteiger partial charge in [0.15, 0.2) is 5.13 Å². The van der Waals surface area contributed by atoms with E-state index in [9.17, 15) is 9.59 Å². The molecule has 0 bridgehead atoms. The summed E-state index contributed by atoms with van der Waals surface area (Å²) in [5.74, 6) is 0.244. The number of carbonyl (C=O) groups excluding carboxylic acids is 2. The highest BCUT2D eigenvalue weighted by atomic mass is 32.1. The van der Waals surface area contributed by atoms with Crippen LogP contribution in [0, 0.1) is 0 Å². The molecule has 2 fully saturated rings. The molecule has 1 aliphatic carbocycles. The molecule has 0 aromatic carbocycles. The molecule has 114 valence electrons. The molecular formula is C14H20N4O2S. The first-order valence-corrected chi connectivity index (χ1v) is 8.32. The van der Waals surface area contributed by atoms with Crippen LogP contribution in [0.2, 0.25) is 0 Å². The lowest BCUT2D eigenvalue weighted by Crippen LogP contribution is -2.26. The number of aromatic nitrogens is 1. The number of hydrogen-bond acceptors (Lipinski definition) is 5. The summed E-state index contributed by atoms with van der Waals surface area (Å²) in [6.07, 6.45) is 6.37. The quantitative estimate of drug-likeness (QED) is 0.748. The summed E-state index contributed by atoms with van der Waals surface area (Å²) in [4.78, 5) is 30.1. The van der Waals surface area contributed by atoms with Crippen molar-refractivity contribution < 1.29 is 9.59 Å². The van der Waals surface area contributed by atoms with Crippen molar-refractivity contribution in [3.63, 3.8) is 0 Å². The summed E-state index contributed by atoms with van der Waals surface area (Å²) in [6, 6.07) is 0.369. The summed E-state index contributed by atoms with van der Waals surface area (Å²) in [5, 5.41) is 6.94.